The fourth-order valence-corrected chi connectivity index (χ4v) is 3.36. The summed E-state index contributed by atoms with van der Waals surface area (Å²) in [6.07, 6.45) is 1.93. The summed E-state index contributed by atoms with van der Waals surface area (Å²) < 4.78 is 7.40. The van der Waals surface area contributed by atoms with Gasteiger partial charge in [-0.3, -0.25) is 15.0 Å². The largest absolute Gasteiger partial charge is 0.496 e. The summed E-state index contributed by atoms with van der Waals surface area (Å²) in [5.74, 6) is 1.85. The van der Waals surface area contributed by atoms with Crippen molar-refractivity contribution >= 4 is 17.8 Å². The standard InChI is InChI=1S/C17H19N5O3/c1-21-15(22-4-3-14(23)20-17(22)24)9-19-16(21)12-5-10-7-18-8-11(10)6-13(12)25-2/h5-6,9,18H,3-4,7-8H2,1-2H3,(H,20,23,24). The highest BCUT2D eigenvalue weighted by molar-refractivity contribution is 6.05. The second kappa shape index (κ2) is 5.89. The number of anilines is 1. The van der Waals surface area contributed by atoms with Crippen molar-refractivity contribution in [1.82, 2.24) is 20.2 Å². The van der Waals surface area contributed by atoms with Gasteiger partial charge in [0, 0.05) is 33.1 Å². The highest BCUT2D eigenvalue weighted by Gasteiger charge is 2.28. The summed E-state index contributed by atoms with van der Waals surface area (Å²) in [5, 5.41) is 5.66. The maximum absolute atomic E-state index is 12.1. The number of hydrogen-bond donors (Lipinski definition) is 2. The normalized spacial score (nSPS) is 16.8. The summed E-state index contributed by atoms with van der Waals surface area (Å²) in [4.78, 5) is 29.5. The Balaban J connectivity index is 1.75. The minimum atomic E-state index is -0.420. The average Bonchev–Trinajstić information content (AvgIpc) is 3.20. The van der Waals surface area contributed by atoms with Crippen molar-refractivity contribution in [3.05, 3.63) is 29.5 Å². The number of imide groups is 1. The number of aromatic nitrogens is 2. The third kappa shape index (κ3) is 2.54. The first-order valence-corrected chi connectivity index (χ1v) is 8.12. The molecule has 1 aromatic carbocycles. The van der Waals surface area contributed by atoms with Crippen molar-refractivity contribution in [3.8, 4) is 17.1 Å². The Morgan fingerprint density at radius 2 is 1.96 bits per heavy atom. The van der Waals surface area contributed by atoms with Gasteiger partial charge in [0.05, 0.1) is 18.9 Å². The Labute approximate surface area is 144 Å². The van der Waals surface area contributed by atoms with Crippen molar-refractivity contribution < 1.29 is 14.3 Å². The van der Waals surface area contributed by atoms with Gasteiger partial charge in [0.2, 0.25) is 5.91 Å². The number of nitrogens with one attached hydrogen (secondary N) is 2. The molecule has 0 aliphatic carbocycles. The molecule has 1 aromatic heterocycles. The first kappa shape index (κ1) is 15.6. The molecule has 2 aliphatic heterocycles. The summed E-state index contributed by atoms with van der Waals surface area (Å²) in [7, 11) is 3.49. The molecule has 2 N–H and O–H groups in total. The molecule has 0 spiro atoms. The van der Waals surface area contributed by atoms with Crippen molar-refractivity contribution in [2.24, 2.45) is 7.05 Å². The summed E-state index contributed by atoms with van der Waals surface area (Å²) in [6, 6.07) is 3.70. The maximum atomic E-state index is 12.1. The fraction of sp³-hybridized carbons (Fsp3) is 0.353. The molecule has 3 amide bonds. The number of carbonyl (C=O) groups excluding carboxylic acids is 2. The van der Waals surface area contributed by atoms with Gasteiger partial charge >= 0.3 is 6.03 Å². The van der Waals surface area contributed by atoms with Crippen LogP contribution in [0, 0.1) is 0 Å². The van der Waals surface area contributed by atoms with Crippen LogP contribution in [0.25, 0.3) is 11.4 Å². The molecule has 8 heteroatoms. The van der Waals surface area contributed by atoms with E-state index in [1.807, 2.05) is 17.7 Å². The van der Waals surface area contributed by atoms with Gasteiger partial charge in [0.1, 0.15) is 17.4 Å². The van der Waals surface area contributed by atoms with Crippen molar-refractivity contribution in [3.63, 3.8) is 0 Å². The van der Waals surface area contributed by atoms with E-state index >= 15 is 0 Å². The Hall–Kier alpha value is -2.87. The number of urea groups is 1. The molecule has 2 aliphatic rings. The number of carbonyl (C=O) groups is 2. The van der Waals surface area contributed by atoms with Crippen LogP contribution in [0.5, 0.6) is 5.75 Å². The van der Waals surface area contributed by atoms with Gasteiger partial charge in [-0.2, -0.15) is 0 Å². The van der Waals surface area contributed by atoms with Gasteiger partial charge < -0.3 is 14.6 Å². The Bertz CT molecular complexity index is 873. The van der Waals surface area contributed by atoms with Crippen molar-refractivity contribution in [2.75, 3.05) is 18.6 Å². The first-order chi connectivity index (χ1) is 12.1. The lowest BCUT2D eigenvalue weighted by Crippen LogP contribution is -2.50. The smallest absolute Gasteiger partial charge is 0.329 e. The van der Waals surface area contributed by atoms with E-state index in [1.165, 1.54) is 16.0 Å². The molecule has 0 saturated carbocycles. The van der Waals surface area contributed by atoms with E-state index in [9.17, 15) is 9.59 Å². The number of methoxy groups -OCH3 is 1. The zero-order valence-electron chi connectivity index (χ0n) is 14.1. The average molecular weight is 341 g/mol. The molecule has 2 aromatic rings. The van der Waals surface area contributed by atoms with E-state index in [0.29, 0.717) is 18.2 Å². The molecular weight excluding hydrogens is 322 g/mol. The van der Waals surface area contributed by atoms with E-state index in [4.69, 9.17) is 4.74 Å². The lowest BCUT2D eigenvalue weighted by molar-refractivity contribution is -0.120. The van der Waals surface area contributed by atoms with Gasteiger partial charge in [0.25, 0.3) is 0 Å². The minimum absolute atomic E-state index is 0.253. The predicted molar refractivity (Wildman–Crippen MR) is 91.2 cm³/mol. The number of imidazole rings is 1. The second-order valence-electron chi connectivity index (χ2n) is 6.18. The zero-order chi connectivity index (χ0) is 17.6. The third-order valence-corrected chi connectivity index (χ3v) is 4.69. The van der Waals surface area contributed by atoms with Gasteiger partial charge in [0.15, 0.2) is 0 Å². The monoisotopic (exact) mass is 341 g/mol. The fourth-order valence-electron chi connectivity index (χ4n) is 3.36. The topological polar surface area (TPSA) is 88.5 Å². The number of rotatable bonds is 3. The van der Waals surface area contributed by atoms with E-state index in [0.717, 1.165) is 24.4 Å². The molecule has 130 valence electrons. The van der Waals surface area contributed by atoms with E-state index in [1.54, 1.807) is 13.3 Å². The highest BCUT2D eigenvalue weighted by Crippen LogP contribution is 2.35. The lowest BCUT2D eigenvalue weighted by atomic mass is 10.0. The molecule has 0 radical (unpaired) electrons. The minimum Gasteiger partial charge on any atom is -0.496 e. The molecule has 1 fully saturated rings. The summed E-state index contributed by atoms with van der Waals surface area (Å²) in [5.41, 5.74) is 3.33. The number of nitrogens with zero attached hydrogens (tertiary/aromatic N) is 3. The highest BCUT2D eigenvalue weighted by atomic mass is 16.5. The van der Waals surface area contributed by atoms with Crippen LogP contribution in [0.1, 0.15) is 17.5 Å². The quantitative estimate of drug-likeness (QED) is 0.874. The van der Waals surface area contributed by atoms with Gasteiger partial charge in [-0.1, -0.05) is 0 Å². The van der Waals surface area contributed by atoms with Crippen LogP contribution in [-0.2, 0) is 24.9 Å². The Morgan fingerprint density at radius 3 is 2.68 bits per heavy atom. The van der Waals surface area contributed by atoms with E-state index in [-0.39, 0.29) is 12.3 Å². The van der Waals surface area contributed by atoms with Crippen LogP contribution in [0.15, 0.2) is 18.3 Å². The molecule has 0 unspecified atom stereocenters. The summed E-state index contributed by atoms with van der Waals surface area (Å²) >= 11 is 0. The number of ether oxygens (including phenoxy) is 1. The van der Waals surface area contributed by atoms with E-state index in [2.05, 4.69) is 21.7 Å². The molecule has 4 rings (SSSR count). The van der Waals surface area contributed by atoms with Crippen LogP contribution in [-0.4, -0.2) is 35.1 Å². The molecule has 1 saturated heterocycles. The molecule has 0 atom stereocenters. The van der Waals surface area contributed by atoms with Gasteiger partial charge in [-0.05, 0) is 23.3 Å². The molecule has 8 nitrogen and oxygen atoms in total. The van der Waals surface area contributed by atoms with Crippen LogP contribution >= 0.6 is 0 Å². The van der Waals surface area contributed by atoms with Crippen LogP contribution in [0.2, 0.25) is 0 Å². The Morgan fingerprint density at radius 1 is 1.20 bits per heavy atom. The molecule has 25 heavy (non-hydrogen) atoms. The van der Waals surface area contributed by atoms with Crippen LogP contribution in [0.3, 0.4) is 0 Å². The van der Waals surface area contributed by atoms with Crippen molar-refractivity contribution in [2.45, 2.75) is 19.5 Å². The summed E-state index contributed by atoms with van der Waals surface area (Å²) in [6.45, 7) is 1.99. The number of fused-ring (bicyclic) bond motifs is 1. The SMILES string of the molecule is COc1cc2c(cc1-c1ncc(N3CCC(=O)NC3=O)n1C)CNC2. The predicted octanol–water partition coefficient (Wildman–Crippen LogP) is 1.15. The number of hydrogen-bond acceptors (Lipinski definition) is 5. The van der Waals surface area contributed by atoms with Gasteiger partial charge in [-0.15, -0.1) is 0 Å². The number of benzene rings is 1. The first-order valence-electron chi connectivity index (χ1n) is 8.12. The second-order valence-corrected chi connectivity index (χ2v) is 6.18. The van der Waals surface area contributed by atoms with Crippen LogP contribution < -0.4 is 20.3 Å². The third-order valence-electron chi connectivity index (χ3n) is 4.69. The zero-order valence-corrected chi connectivity index (χ0v) is 14.1. The van der Waals surface area contributed by atoms with Gasteiger partial charge in [-0.25, -0.2) is 9.78 Å². The Kier molecular flexibility index (Phi) is 3.69. The van der Waals surface area contributed by atoms with Crippen LogP contribution in [0.4, 0.5) is 10.6 Å². The lowest BCUT2D eigenvalue weighted by Gasteiger charge is -2.26. The molecule has 3 heterocycles. The maximum Gasteiger partial charge on any atom is 0.329 e. The van der Waals surface area contributed by atoms with Crippen molar-refractivity contribution in [1.29, 1.82) is 0 Å². The van der Waals surface area contributed by atoms with E-state index < -0.39 is 6.03 Å². The molecule has 0 bridgehead atoms. The number of amides is 3. The molecular formula is C17H19N5O3.